The topological polar surface area (TPSA) is 91.7 Å². The quantitative estimate of drug-likeness (QED) is 0.468. The molecule has 2 rings (SSSR count). The third-order valence-electron chi connectivity index (χ3n) is 4.32. The van der Waals surface area contributed by atoms with Crippen LogP contribution in [0.2, 0.25) is 0 Å². The van der Waals surface area contributed by atoms with Crippen molar-refractivity contribution in [1.29, 1.82) is 0 Å². The van der Waals surface area contributed by atoms with Crippen molar-refractivity contribution < 1.29 is 27.5 Å². The number of ether oxygens (including phenoxy) is 2. The molecule has 0 fully saturated rings. The second-order valence-electron chi connectivity index (χ2n) is 6.70. The molecule has 0 saturated carbocycles. The lowest BCUT2D eigenvalue weighted by molar-refractivity contribution is 0.0474. The van der Waals surface area contributed by atoms with Gasteiger partial charge in [0.05, 0.1) is 17.9 Å². The Morgan fingerprint density at radius 2 is 1.86 bits per heavy atom. The number of methoxy groups -OCH3 is 1. The van der Waals surface area contributed by atoms with Crippen LogP contribution >= 0.6 is 0 Å². The molecule has 0 N–H and O–H groups in total. The number of esters is 1. The maximum atomic E-state index is 12.5. The summed E-state index contributed by atoms with van der Waals surface area (Å²) < 4.78 is 35.0. The summed E-state index contributed by atoms with van der Waals surface area (Å²) in [4.78, 5) is 24.7. The van der Waals surface area contributed by atoms with Crippen LogP contribution < -0.4 is 0 Å². The molecule has 1 aromatic heterocycles. The minimum absolute atomic E-state index is 0.166. The van der Waals surface area contributed by atoms with Gasteiger partial charge in [-0.1, -0.05) is 12.1 Å². The van der Waals surface area contributed by atoms with Crippen LogP contribution in [0, 0.1) is 13.8 Å². The van der Waals surface area contributed by atoms with Crippen molar-refractivity contribution in [3.05, 3.63) is 58.4 Å². The van der Waals surface area contributed by atoms with Gasteiger partial charge in [-0.05, 0) is 37.6 Å². The van der Waals surface area contributed by atoms with Gasteiger partial charge in [0.1, 0.15) is 0 Å². The van der Waals surface area contributed by atoms with Crippen molar-refractivity contribution in [2.45, 2.75) is 26.1 Å². The van der Waals surface area contributed by atoms with Gasteiger partial charge in [0, 0.05) is 36.9 Å². The second-order valence-corrected chi connectivity index (χ2v) is 8.84. The van der Waals surface area contributed by atoms with E-state index in [2.05, 4.69) is 0 Å². The van der Waals surface area contributed by atoms with E-state index in [4.69, 9.17) is 9.47 Å². The zero-order chi connectivity index (χ0) is 20.9. The highest BCUT2D eigenvalue weighted by atomic mass is 32.2. The van der Waals surface area contributed by atoms with Gasteiger partial charge in [0.15, 0.2) is 16.4 Å². The van der Waals surface area contributed by atoms with Crippen LogP contribution in [0.15, 0.2) is 30.3 Å². The third-order valence-corrected chi connectivity index (χ3v) is 5.18. The number of hydrogen-bond donors (Lipinski definition) is 0. The minimum atomic E-state index is -3.21. The maximum Gasteiger partial charge on any atom is 0.338 e. The number of rotatable bonds is 9. The smallest absolute Gasteiger partial charge is 0.338 e. The number of nitrogens with zero attached hydrogens (tertiary/aromatic N) is 1. The van der Waals surface area contributed by atoms with Gasteiger partial charge in [-0.15, -0.1) is 0 Å². The molecular formula is C20H25NO6S. The number of Topliss-reactive ketones (excluding diaryl/α,β-unsaturated/α-hetero) is 1. The first-order valence-electron chi connectivity index (χ1n) is 8.75. The molecule has 1 heterocycles. The number of ketones is 1. The molecule has 0 amide bonds. The number of carbonyl (C=O) groups excluding carboxylic acids is 2. The molecule has 0 saturated heterocycles. The van der Waals surface area contributed by atoms with Gasteiger partial charge in [-0.2, -0.15) is 0 Å². The van der Waals surface area contributed by atoms with Crippen molar-refractivity contribution >= 4 is 21.6 Å². The van der Waals surface area contributed by atoms with E-state index in [0.717, 1.165) is 17.6 Å². The Kier molecular flexibility index (Phi) is 7.15. The van der Waals surface area contributed by atoms with Crippen LogP contribution in [-0.4, -0.2) is 51.3 Å². The predicted molar refractivity (Wildman–Crippen MR) is 105 cm³/mol. The minimum Gasteiger partial charge on any atom is -0.454 e. The Labute approximate surface area is 165 Å². The second kappa shape index (κ2) is 9.16. The predicted octanol–water partition coefficient (Wildman–Crippen LogP) is 2.34. The first-order valence-corrected chi connectivity index (χ1v) is 10.8. The fourth-order valence-electron chi connectivity index (χ4n) is 2.99. The van der Waals surface area contributed by atoms with E-state index in [9.17, 15) is 18.0 Å². The molecule has 28 heavy (non-hydrogen) atoms. The highest BCUT2D eigenvalue weighted by Gasteiger charge is 2.18. The number of sulfone groups is 1. The SMILES string of the molecule is COCCn1c(C)cc(C(=O)COC(=O)c2cccc(CS(C)(=O)=O)c2)c1C. The van der Waals surface area contributed by atoms with E-state index in [1.165, 1.54) is 12.1 Å². The largest absolute Gasteiger partial charge is 0.454 e. The van der Waals surface area contributed by atoms with Crippen LogP contribution in [-0.2, 0) is 31.6 Å². The summed E-state index contributed by atoms with van der Waals surface area (Å²) in [6.45, 7) is 4.52. The van der Waals surface area contributed by atoms with E-state index in [1.807, 2.05) is 18.4 Å². The van der Waals surface area contributed by atoms with Gasteiger partial charge in [0.25, 0.3) is 0 Å². The van der Waals surface area contributed by atoms with Gasteiger partial charge in [-0.3, -0.25) is 4.79 Å². The van der Waals surface area contributed by atoms with Gasteiger partial charge < -0.3 is 14.0 Å². The fraction of sp³-hybridized carbons (Fsp3) is 0.400. The summed E-state index contributed by atoms with van der Waals surface area (Å²) in [5, 5.41) is 0. The number of carbonyl (C=O) groups is 2. The molecular weight excluding hydrogens is 382 g/mol. The summed E-state index contributed by atoms with van der Waals surface area (Å²) in [6.07, 6.45) is 1.12. The van der Waals surface area contributed by atoms with Gasteiger partial charge >= 0.3 is 5.97 Å². The standard InChI is InChI=1S/C20H25NO6S/c1-14-10-18(15(2)21(14)8-9-26-3)19(22)12-27-20(23)17-7-5-6-16(11-17)13-28(4,24)25/h5-7,10-11H,8-9,12-13H2,1-4H3. The molecule has 0 spiro atoms. The van der Waals surface area contributed by atoms with Crippen LogP contribution in [0.5, 0.6) is 0 Å². The van der Waals surface area contributed by atoms with Crippen LogP contribution in [0.25, 0.3) is 0 Å². The molecule has 0 atom stereocenters. The van der Waals surface area contributed by atoms with Crippen LogP contribution in [0.3, 0.4) is 0 Å². The van der Waals surface area contributed by atoms with Crippen molar-refractivity contribution in [3.63, 3.8) is 0 Å². The van der Waals surface area contributed by atoms with E-state index < -0.39 is 15.8 Å². The molecule has 2 aromatic rings. The normalized spacial score (nSPS) is 11.4. The maximum absolute atomic E-state index is 12.5. The summed E-state index contributed by atoms with van der Waals surface area (Å²) in [7, 11) is -1.60. The van der Waals surface area contributed by atoms with Crippen molar-refractivity contribution in [2.75, 3.05) is 26.6 Å². The summed E-state index contributed by atoms with van der Waals surface area (Å²) in [6, 6.07) is 7.97. The van der Waals surface area contributed by atoms with E-state index in [-0.39, 0.29) is 23.7 Å². The highest BCUT2D eigenvalue weighted by Crippen LogP contribution is 2.16. The molecule has 7 nitrogen and oxygen atoms in total. The Bertz CT molecular complexity index is 975. The molecule has 152 valence electrons. The first kappa shape index (κ1) is 21.8. The number of benzene rings is 1. The van der Waals surface area contributed by atoms with Crippen molar-refractivity contribution in [2.24, 2.45) is 0 Å². The molecule has 0 unspecified atom stereocenters. The van der Waals surface area contributed by atoms with Gasteiger partial charge in [0.2, 0.25) is 5.78 Å². The van der Waals surface area contributed by atoms with E-state index >= 15 is 0 Å². The zero-order valence-electron chi connectivity index (χ0n) is 16.5. The van der Waals surface area contributed by atoms with E-state index in [0.29, 0.717) is 24.3 Å². The van der Waals surface area contributed by atoms with Crippen LogP contribution in [0.1, 0.15) is 37.7 Å². The average Bonchev–Trinajstić information content (AvgIpc) is 2.90. The monoisotopic (exact) mass is 407 g/mol. The Morgan fingerprint density at radius 3 is 2.50 bits per heavy atom. The lowest BCUT2D eigenvalue weighted by Crippen LogP contribution is -2.15. The summed E-state index contributed by atoms with van der Waals surface area (Å²) in [5.41, 5.74) is 2.93. The Morgan fingerprint density at radius 1 is 1.14 bits per heavy atom. The van der Waals surface area contributed by atoms with Crippen molar-refractivity contribution in [1.82, 2.24) is 4.57 Å². The Hall–Kier alpha value is -2.45. The highest BCUT2D eigenvalue weighted by molar-refractivity contribution is 7.89. The van der Waals surface area contributed by atoms with E-state index in [1.54, 1.807) is 25.3 Å². The molecule has 0 radical (unpaired) electrons. The molecule has 0 aliphatic rings. The van der Waals surface area contributed by atoms with Gasteiger partial charge in [-0.25, -0.2) is 13.2 Å². The first-order chi connectivity index (χ1) is 13.1. The average molecular weight is 407 g/mol. The summed E-state index contributed by atoms with van der Waals surface area (Å²) in [5.74, 6) is -1.13. The lowest BCUT2D eigenvalue weighted by Gasteiger charge is -2.09. The molecule has 0 bridgehead atoms. The number of hydrogen-bond acceptors (Lipinski definition) is 6. The Balaban J connectivity index is 2.05. The third kappa shape index (κ3) is 5.77. The lowest BCUT2D eigenvalue weighted by atomic mass is 10.1. The fourth-order valence-corrected chi connectivity index (χ4v) is 3.78. The zero-order valence-corrected chi connectivity index (χ0v) is 17.3. The van der Waals surface area contributed by atoms with Crippen LogP contribution in [0.4, 0.5) is 0 Å². The van der Waals surface area contributed by atoms with Crippen molar-refractivity contribution in [3.8, 4) is 0 Å². The number of aryl methyl sites for hydroxylation is 1. The molecule has 8 heteroatoms. The molecule has 1 aromatic carbocycles. The number of aromatic nitrogens is 1. The molecule has 0 aliphatic heterocycles. The summed E-state index contributed by atoms with van der Waals surface area (Å²) >= 11 is 0. The molecule has 0 aliphatic carbocycles.